The maximum Gasteiger partial charge on any atom is 0.271 e. The third-order valence-electron chi connectivity index (χ3n) is 8.14. The fourth-order valence-electron chi connectivity index (χ4n) is 6.86. The molecule has 2 bridgehead atoms. The monoisotopic (exact) mass is 423 g/mol. The van der Waals surface area contributed by atoms with Crippen molar-refractivity contribution in [1.29, 1.82) is 0 Å². The Bertz CT molecular complexity index is 1040. The van der Waals surface area contributed by atoms with Crippen molar-refractivity contribution < 1.29 is 4.79 Å². The summed E-state index contributed by atoms with van der Waals surface area (Å²) in [6.45, 7) is 3.27. The summed E-state index contributed by atoms with van der Waals surface area (Å²) in [5.74, 6) is 1.46. The molecule has 1 aliphatic carbocycles. The first-order valence-corrected chi connectivity index (χ1v) is 12.0. The van der Waals surface area contributed by atoms with Gasteiger partial charge in [0.25, 0.3) is 5.91 Å². The van der Waals surface area contributed by atoms with Crippen molar-refractivity contribution in [1.82, 2.24) is 14.4 Å². The summed E-state index contributed by atoms with van der Waals surface area (Å²) < 4.78 is 2.02. The van der Waals surface area contributed by atoms with Crippen LogP contribution in [0.1, 0.15) is 49.0 Å². The first kappa shape index (κ1) is 18.9. The van der Waals surface area contributed by atoms with Crippen LogP contribution in [0, 0.1) is 11.8 Å². The van der Waals surface area contributed by atoms with Gasteiger partial charge in [0.05, 0.1) is 6.04 Å². The van der Waals surface area contributed by atoms with E-state index in [9.17, 15) is 4.79 Å². The van der Waals surface area contributed by atoms with Gasteiger partial charge in [0.1, 0.15) is 5.69 Å². The molecular formula is C25H30ClN3O. The van der Waals surface area contributed by atoms with E-state index in [-0.39, 0.29) is 11.9 Å². The van der Waals surface area contributed by atoms with Gasteiger partial charge in [0, 0.05) is 42.1 Å². The quantitative estimate of drug-likeness (QED) is 0.612. The highest BCUT2D eigenvalue weighted by molar-refractivity contribution is 6.31. The van der Waals surface area contributed by atoms with Gasteiger partial charge in [0.15, 0.2) is 0 Å². The van der Waals surface area contributed by atoms with Crippen LogP contribution in [-0.2, 0) is 7.05 Å². The van der Waals surface area contributed by atoms with Crippen molar-refractivity contribution in [3.63, 3.8) is 0 Å². The topological polar surface area (TPSA) is 28.5 Å². The van der Waals surface area contributed by atoms with Gasteiger partial charge >= 0.3 is 0 Å². The van der Waals surface area contributed by atoms with E-state index in [0.717, 1.165) is 42.1 Å². The molecule has 4 heterocycles. The normalized spacial score (nSPS) is 31.3. The van der Waals surface area contributed by atoms with E-state index in [1.54, 1.807) is 5.57 Å². The van der Waals surface area contributed by atoms with Gasteiger partial charge in [-0.05, 0) is 68.7 Å². The number of halogens is 1. The van der Waals surface area contributed by atoms with Gasteiger partial charge in [-0.15, -0.1) is 0 Å². The zero-order valence-corrected chi connectivity index (χ0v) is 18.4. The molecule has 3 aliphatic heterocycles. The molecule has 3 saturated heterocycles. The first-order valence-electron chi connectivity index (χ1n) is 11.6. The molecule has 1 aromatic heterocycles. The Labute approximate surface area is 183 Å². The van der Waals surface area contributed by atoms with Crippen molar-refractivity contribution in [2.24, 2.45) is 18.9 Å². The number of rotatable bonds is 1. The summed E-state index contributed by atoms with van der Waals surface area (Å²) in [7, 11) is 1.99. The summed E-state index contributed by atoms with van der Waals surface area (Å²) in [5.41, 5.74) is 3.35. The molecule has 5 heteroatoms. The van der Waals surface area contributed by atoms with Gasteiger partial charge < -0.3 is 9.47 Å². The molecule has 0 spiro atoms. The zero-order chi connectivity index (χ0) is 20.4. The average molecular weight is 424 g/mol. The molecule has 4 nitrogen and oxygen atoms in total. The van der Waals surface area contributed by atoms with Gasteiger partial charge in [-0.25, -0.2) is 0 Å². The second-order valence-corrected chi connectivity index (χ2v) is 10.2. The van der Waals surface area contributed by atoms with Crippen LogP contribution >= 0.6 is 11.6 Å². The molecule has 3 fully saturated rings. The number of aryl methyl sites for hydroxylation is 1. The summed E-state index contributed by atoms with van der Waals surface area (Å²) >= 11 is 6.21. The Morgan fingerprint density at radius 2 is 2.03 bits per heavy atom. The largest absolute Gasteiger partial charge is 0.340 e. The number of aromatic nitrogens is 1. The molecule has 4 aliphatic rings. The summed E-state index contributed by atoms with van der Waals surface area (Å²) in [5, 5.41) is 1.79. The Balaban J connectivity index is 1.36. The minimum absolute atomic E-state index is 0.180. The average Bonchev–Trinajstić information content (AvgIpc) is 3.09. The van der Waals surface area contributed by atoms with E-state index >= 15 is 0 Å². The standard InChI is InChI=1S/C25H30ClN3O/c1-27-22-14-20(26)8-7-16(22)13-23(27)25(30)29-10-4-5-17-11-18-12-19(24(17)29)15-28-9-3-2-6-21(18)28/h7-8,11,13-14,18-19,21,24H,2-6,9-10,12,15H2,1H3. The van der Waals surface area contributed by atoms with Crippen LogP contribution in [0.5, 0.6) is 0 Å². The Hall–Kier alpha value is -1.78. The Morgan fingerprint density at radius 3 is 2.93 bits per heavy atom. The van der Waals surface area contributed by atoms with E-state index < -0.39 is 0 Å². The second-order valence-electron chi connectivity index (χ2n) is 9.80. The maximum atomic E-state index is 13.8. The highest BCUT2D eigenvalue weighted by Crippen LogP contribution is 2.45. The molecule has 0 radical (unpaired) electrons. The Kier molecular flexibility index (Phi) is 4.50. The lowest BCUT2D eigenvalue weighted by atomic mass is 9.68. The molecule has 6 rings (SSSR count). The number of carbonyl (C=O) groups excluding carboxylic acids is 1. The molecule has 30 heavy (non-hydrogen) atoms. The van der Waals surface area contributed by atoms with Crippen LogP contribution in [0.15, 0.2) is 35.9 Å². The van der Waals surface area contributed by atoms with Crippen molar-refractivity contribution in [3.8, 4) is 0 Å². The predicted octanol–water partition coefficient (Wildman–Crippen LogP) is 4.87. The molecule has 4 unspecified atom stereocenters. The summed E-state index contributed by atoms with van der Waals surface area (Å²) in [6.07, 6.45) is 10.2. The van der Waals surface area contributed by atoms with Crippen molar-refractivity contribution in [2.45, 2.75) is 50.6 Å². The fourth-order valence-corrected chi connectivity index (χ4v) is 7.02. The van der Waals surface area contributed by atoms with Crippen molar-refractivity contribution in [2.75, 3.05) is 19.6 Å². The minimum atomic E-state index is 0.180. The number of carbonyl (C=O) groups is 1. The first-order chi connectivity index (χ1) is 14.6. The number of likely N-dealkylation sites (tertiary alicyclic amines) is 1. The lowest BCUT2D eigenvalue weighted by Crippen LogP contribution is -2.60. The number of nitrogens with zero attached hydrogens (tertiary/aromatic N) is 3. The predicted molar refractivity (Wildman–Crippen MR) is 121 cm³/mol. The van der Waals surface area contributed by atoms with Crippen LogP contribution < -0.4 is 0 Å². The Morgan fingerprint density at radius 1 is 1.13 bits per heavy atom. The van der Waals surface area contributed by atoms with E-state index in [0.29, 0.717) is 16.9 Å². The van der Waals surface area contributed by atoms with Crippen LogP contribution in [0.2, 0.25) is 5.02 Å². The lowest BCUT2D eigenvalue weighted by molar-refractivity contribution is 0.00122. The van der Waals surface area contributed by atoms with Crippen molar-refractivity contribution >= 4 is 28.4 Å². The minimum Gasteiger partial charge on any atom is -0.340 e. The van der Waals surface area contributed by atoms with Gasteiger partial charge in [-0.1, -0.05) is 35.7 Å². The molecular weight excluding hydrogens is 394 g/mol. The molecule has 0 N–H and O–H groups in total. The fraction of sp³-hybridized carbons (Fsp3) is 0.560. The smallest absolute Gasteiger partial charge is 0.271 e. The highest BCUT2D eigenvalue weighted by Gasteiger charge is 2.47. The molecule has 1 amide bonds. The van der Waals surface area contributed by atoms with E-state index in [1.807, 2.05) is 35.9 Å². The zero-order valence-electron chi connectivity index (χ0n) is 17.7. The third kappa shape index (κ3) is 2.87. The number of piperidine rings is 3. The number of hydrogen-bond acceptors (Lipinski definition) is 2. The molecule has 0 saturated carbocycles. The number of benzene rings is 1. The van der Waals surface area contributed by atoms with E-state index in [1.165, 1.54) is 38.6 Å². The van der Waals surface area contributed by atoms with Crippen molar-refractivity contribution in [3.05, 3.63) is 46.6 Å². The summed E-state index contributed by atoms with van der Waals surface area (Å²) in [4.78, 5) is 18.8. The van der Waals surface area contributed by atoms with Gasteiger partial charge in [0.2, 0.25) is 0 Å². The van der Waals surface area contributed by atoms with Crippen LogP contribution in [0.25, 0.3) is 10.9 Å². The third-order valence-corrected chi connectivity index (χ3v) is 8.38. The van der Waals surface area contributed by atoms with Crippen LogP contribution in [0.3, 0.4) is 0 Å². The highest BCUT2D eigenvalue weighted by atomic mass is 35.5. The second kappa shape index (κ2) is 7.13. The number of hydrogen-bond donors (Lipinski definition) is 0. The van der Waals surface area contributed by atoms with Gasteiger partial charge in [-0.3, -0.25) is 9.69 Å². The van der Waals surface area contributed by atoms with E-state index in [2.05, 4.69) is 15.9 Å². The summed E-state index contributed by atoms with van der Waals surface area (Å²) in [6, 6.07) is 8.94. The van der Waals surface area contributed by atoms with Crippen LogP contribution in [-0.4, -0.2) is 52.0 Å². The maximum absolute atomic E-state index is 13.8. The van der Waals surface area contributed by atoms with Crippen LogP contribution in [0.4, 0.5) is 0 Å². The molecule has 4 atom stereocenters. The van der Waals surface area contributed by atoms with Gasteiger partial charge in [-0.2, -0.15) is 0 Å². The number of amides is 1. The molecule has 2 aromatic rings. The van der Waals surface area contributed by atoms with E-state index in [4.69, 9.17) is 11.6 Å². The number of fused-ring (bicyclic) bond motifs is 7. The molecule has 158 valence electrons. The SMILES string of the molecule is Cn1c(C(=O)N2CCCC3=CC4CC(CN5CCCCC45)C32)cc2ccc(Cl)cc21. The molecule has 1 aromatic carbocycles. The lowest BCUT2D eigenvalue weighted by Gasteiger charge is -2.54.